The van der Waals surface area contributed by atoms with Gasteiger partial charge in [0.1, 0.15) is 0 Å². The monoisotopic (exact) mass is 288 g/mol. The molecule has 0 amide bonds. The van der Waals surface area contributed by atoms with Crippen molar-refractivity contribution in [3.63, 3.8) is 0 Å². The van der Waals surface area contributed by atoms with Crippen LogP contribution in [0.3, 0.4) is 0 Å². The number of morpholine rings is 1. The Bertz CT molecular complexity index is 474. The van der Waals surface area contributed by atoms with E-state index in [1.54, 1.807) is 0 Å². The van der Waals surface area contributed by atoms with Crippen molar-refractivity contribution in [3.05, 3.63) is 29.3 Å². The predicted molar refractivity (Wildman–Crippen MR) is 87.8 cm³/mol. The Morgan fingerprint density at radius 3 is 2.57 bits per heavy atom. The summed E-state index contributed by atoms with van der Waals surface area (Å²) in [6.45, 7) is 10.9. The second kappa shape index (κ2) is 6.37. The molecule has 1 aromatic carbocycles. The zero-order valence-electron chi connectivity index (χ0n) is 13.6. The highest BCUT2D eigenvalue weighted by Crippen LogP contribution is 2.30. The summed E-state index contributed by atoms with van der Waals surface area (Å²) >= 11 is 0. The zero-order valence-corrected chi connectivity index (χ0v) is 13.6. The minimum Gasteiger partial charge on any atom is -0.371 e. The molecule has 0 radical (unpaired) electrons. The first kappa shape index (κ1) is 14.9. The third-order valence-electron chi connectivity index (χ3n) is 4.60. The van der Waals surface area contributed by atoms with Crippen LogP contribution in [0, 0.1) is 12.8 Å². The lowest BCUT2D eigenvalue weighted by Gasteiger charge is -2.34. The Morgan fingerprint density at radius 1 is 1.24 bits per heavy atom. The molecule has 2 fully saturated rings. The van der Waals surface area contributed by atoms with Crippen molar-refractivity contribution in [3.8, 4) is 0 Å². The molecule has 0 saturated carbocycles. The van der Waals surface area contributed by atoms with E-state index in [0.29, 0.717) is 18.1 Å². The smallest absolute Gasteiger partial charge is 0.0755 e. The number of fused-ring (bicyclic) bond motifs is 2. The Kier molecular flexibility index (Phi) is 4.51. The van der Waals surface area contributed by atoms with Crippen molar-refractivity contribution in [2.45, 2.75) is 52.4 Å². The van der Waals surface area contributed by atoms with Gasteiger partial charge in [0.25, 0.3) is 0 Å². The number of nitrogens with zero attached hydrogens (tertiary/aromatic N) is 1. The van der Waals surface area contributed by atoms with E-state index < -0.39 is 0 Å². The van der Waals surface area contributed by atoms with Gasteiger partial charge in [-0.2, -0.15) is 0 Å². The molecule has 21 heavy (non-hydrogen) atoms. The normalized spacial score (nSPS) is 24.9. The van der Waals surface area contributed by atoms with Crippen molar-refractivity contribution >= 4 is 5.69 Å². The maximum absolute atomic E-state index is 5.93. The molecule has 2 atom stereocenters. The summed E-state index contributed by atoms with van der Waals surface area (Å²) in [5.74, 6) is 0.702. The third kappa shape index (κ3) is 3.58. The SMILES string of the molecule is Cc1cc(N2CC3CCC(C2)O3)ccc1CNCC(C)C. The highest BCUT2D eigenvalue weighted by molar-refractivity contribution is 5.51. The summed E-state index contributed by atoms with van der Waals surface area (Å²) in [7, 11) is 0. The van der Waals surface area contributed by atoms with Gasteiger partial charge in [0, 0.05) is 25.3 Å². The van der Waals surface area contributed by atoms with Crippen molar-refractivity contribution in [2.24, 2.45) is 5.92 Å². The van der Waals surface area contributed by atoms with Crippen LogP contribution in [0.15, 0.2) is 18.2 Å². The van der Waals surface area contributed by atoms with Gasteiger partial charge in [-0.25, -0.2) is 0 Å². The van der Waals surface area contributed by atoms with Gasteiger partial charge in [0.2, 0.25) is 0 Å². The van der Waals surface area contributed by atoms with Gasteiger partial charge in [-0.1, -0.05) is 19.9 Å². The molecule has 2 aliphatic heterocycles. The molecule has 3 heteroatoms. The van der Waals surface area contributed by atoms with E-state index >= 15 is 0 Å². The van der Waals surface area contributed by atoms with Crippen LogP contribution in [0.5, 0.6) is 0 Å². The van der Waals surface area contributed by atoms with Gasteiger partial charge >= 0.3 is 0 Å². The number of nitrogens with one attached hydrogen (secondary N) is 1. The molecule has 116 valence electrons. The highest BCUT2D eigenvalue weighted by atomic mass is 16.5. The van der Waals surface area contributed by atoms with Gasteiger partial charge in [-0.15, -0.1) is 0 Å². The fraction of sp³-hybridized carbons (Fsp3) is 0.667. The Labute approximate surface area is 128 Å². The molecule has 1 N–H and O–H groups in total. The second-order valence-corrected chi connectivity index (χ2v) is 7.00. The van der Waals surface area contributed by atoms with E-state index in [9.17, 15) is 0 Å². The average molecular weight is 288 g/mol. The van der Waals surface area contributed by atoms with Gasteiger partial charge in [-0.3, -0.25) is 0 Å². The van der Waals surface area contributed by atoms with E-state index in [4.69, 9.17) is 4.74 Å². The Hall–Kier alpha value is -1.06. The zero-order chi connectivity index (χ0) is 14.8. The van der Waals surface area contributed by atoms with Gasteiger partial charge < -0.3 is 15.0 Å². The van der Waals surface area contributed by atoms with Crippen molar-refractivity contribution in [1.82, 2.24) is 5.32 Å². The van der Waals surface area contributed by atoms with Crippen LogP contribution in [0.1, 0.15) is 37.8 Å². The maximum atomic E-state index is 5.93. The molecular weight excluding hydrogens is 260 g/mol. The summed E-state index contributed by atoms with van der Waals surface area (Å²) in [6.07, 6.45) is 3.38. The second-order valence-electron chi connectivity index (χ2n) is 7.00. The van der Waals surface area contributed by atoms with Crippen LogP contribution in [0.2, 0.25) is 0 Å². The van der Waals surface area contributed by atoms with Crippen LogP contribution in [-0.4, -0.2) is 31.8 Å². The first-order chi connectivity index (χ1) is 10.1. The Morgan fingerprint density at radius 2 is 1.95 bits per heavy atom. The molecule has 2 bridgehead atoms. The summed E-state index contributed by atoms with van der Waals surface area (Å²) in [5.41, 5.74) is 4.17. The fourth-order valence-electron chi connectivity index (χ4n) is 3.40. The molecule has 2 saturated heterocycles. The van der Waals surface area contributed by atoms with Crippen molar-refractivity contribution in [2.75, 3.05) is 24.5 Å². The molecule has 2 heterocycles. The molecule has 2 aliphatic rings. The predicted octanol–water partition coefficient (Wildman–Crippen LogP) is 3.11. The molecule has 0 aliphatic carbocycles. The number of rotatable bonds is 5. The van der Waals surface area contributed by atoms with Gasteiger partial charge in [0.15, 0.2) is 0 Å². The van der Waals surface area contributed by atoms with E-state index in [2.05, 4.69) is 49.2 Å². The van der Waals surface area contributed by atoms with Crippen molar-refractivity contribution < 1.29 is 4.74 Å². The molecule has 0 aromatic heterocycles. The van der Waals surface area contributed by atoms with Crippen LogP contribution in [-0.2, 0) is 11.3 Å². The molecule has 1 aromatic rings. The van der Waals surface area contributed by atoms with E-state index in [0.717, 1.165) is 26.2 Å². The lowest BCUT2D eigenvalue weighted by molar-refractivity contribution is 0.0305. The number of hydrogen-bond donors (Lipinski definition) is 1. The maximum Gasteiger partial charge on any atom is 0.0755 e. The lowest BCUT2D eigenvalue weighted by Crippen LogP contribution is -2.42. The largest absolute Gasteiger partial charge is 0.371 e. The lowest BCUT2D eigenvalue weighted by atomic mass is 10.1. The number of benzene rings is 1. The van der Waals surface area contributed by atoms with E-state index in [1.165, 1.54) is 29.7 Å². The van der Waals surface area contributed by atoms with Gasteiger partial charge in [-0.05, 0) is 55.5 Å². The number of ether oxygens (including phenoxy) is 1. The number of anilines is 1. The Balaban J connectivity index is 1.63. The molecule has 0 spiro atoms. The first-order valence-electron chi connectivity index (χ1n) is 8.32. The average Bonchev–Trinajstić information content (AvgIpc) is 2.79. The van der Waals surface area contributed by atoms with Crippen LogP contribution < -0.4 is 10.2 Å². The van der Waals surface area contributed by atoms with E-state index in [-0.39, 0.29) is 0 Å². The quantitative estimate of drug-likeness (QED) is 0.901. The highest BCUT2D eigenvalue weighted by Gasteiger charge is 2.33. The summed E-state index contributed by atoms with van der Waals surface area (Å²) in [5, 5.41) is 3.53. The molecule has 2 unspecified atom stereocenters. The molecule has 3 rings (SSSR count). The van der Waals surface area contributed by atoms with Crippen LogP contribution in [0.4, 0.5) is 5.69 Å². The summed E-state index contributed by atoms with van der Waals surface area (Å²) < 4.78 is 5.93. The first-order valence-corrected chi connectivity index (χ1v) is 8.32. The fourth-order valence-corrected chi connectivity index (χ4v) is 3.40. The summed E-state index contributed by atoms with van der Waals surface area (Å²) in [6, 6.07) is 6.91. The van der Waals surface area contributed by atoms with Gasteiger partial charge in [0.05, 0.1) is 12.2 Å². The topological polar surface area (TPSA) is 24.5 Å². The summed E-state index contributed by atoms with van der Waals surface area (Å²) in [4.78, 5) is 2.50. The molecule has 3 nitrogen and oxygen atoms in total. The molecular formula is C18H28N2O. The third-order valence-corrected chi connectivity index (χ3v) is 4.60. The van der Waals surface area contributed by atoms with E-state index in [1.807, 2.05) is 0 Å². The standard InChI is InChI=1S/C18H28N2O/c1-13(2)9-19-10-15-4-5-16(8-14(15)3)20-11-17-6-7-18(12-20)21-17/h4-5,8,13,17-19H,6-7,9-12H2,1-3H3. The minimum atomic E-state index is 0.455. The number of hydrogen-bond acceptors (Lipinski definition) is 3. The minimum absolute atomic E-state index is 0.455. The van der Waals surface area contributed by atoms with Crippen molar-refractivity contribution in [1.29, 1.82) is 0 Å². The number of aryl methyl sites for hydroxylation is 1. The van der Waals surface area contributed by atoms with Crippen LogP contribution in [0.25, 0.3) is 0 Å². The van der Waals surface area contributed by atoms with Crippen LogP contribution >= 0.6 is 0 Å².